The standard InChI is InChI=1S/C9H12N2O2S/c1-14-6-5-10-8-4-2-3-7(11-8)9(12)13/h2-4H,5-6H2,1H3,(H,10,11)(H,12,13). The highest BCUT2D eigenvalue weighted by atomic mass is 32.2. The van der Waals surface area contributed by atoms with Gasteiger partial charge in [0.15, 0.2) is 5.69 Å². The van der Waals surface area contributed by atoms with E-state index in [9.17, 15) is 4.79 Å². The van der Waals surface area contributed by atoms with Gasteiger partial charge in [-0.2, -0.15) is 11.8 Å². The van der Waals surface area contributed by atoms with Crippen molar-refractivity contribution in [2.24, 2.45) is 0 Å². The van der Waals surface area contributed by atoms with Crippen molar-refractivity contribution in [3.8, 4) is 0 Å². The fraction of sp³-hybridized carbons (Fsp3) is 0.333. The van der Waals surface area contributed by atoms with Gasteiger partial charge < -0.3 is 10.4 Å². The molecule has 0 aromatic carbocycles. The summed E-state index contributed by atoms with van der Waals surface area (Å²) in [6, 6.07) is 4.91. The number of nitrogens with one attached hydrogen (secondary N) is 1. The molecule has 1 heterocycles. The maximum absolute atomic E-state index is 10.6. The van der Waals surface area contributed by atoms with E-state index >= 15 is 0 Å². The van der Waals surface area contributed by atoms with Gasteiger partial charge in [0.1, 0.15) is 5.82 Å². The van der Waals surface area contributed by atoms with Crippen molar-refractivity contribution >= 4 is 23.5 Å². The van der Waals surface area contributed by atoms with Crippen LogP contribution in [-0.2, 0) is 0 Å². The third-order valence-corrected chi connectivity index (χ3v) is 2.19. The van der Waals surface area contributed by atoms with Crippen molar-refractivity contribution < 1.29 is 9.90 Å². The van der Waals surface area contributed by atoms with E-state index in [0.29, 0.717) is 5.82 Å². The predicted octanol–water partition coefficient (Wildman–Crippen LogP) is 1.55. The maximum Gasteiger partial charge on any atom is 0.354 e. The summed E-state index contributed by atoms with van der Waals surface area (Å²) in [5.41, 5.74) is 0.0687. The van der Waals surface area contributed by atoms with Crippen LogP contribution in [0, 0.1) is 0 Å². The van der Waals surface area contributed by atoms with Crippen LogP contribution in [0.15, 0.2) is 18.2 Å². The Labute approximate surface area is 86.7 Å². The molecular weight excluding hydrogens is 200 g/mol. The average molecular weight is 212 g/mol. The first kappa shape index (κ1) is 10.8. The molecule has 5 heteroatoms. The van der Waals surface area contributed by atoms with Crippen LogP contribution in [0.1, 0.15) is 10.5 Å². The molecule has 0 saturated carbocycles. The van der Waals surface area contributed by atoms with Crippen molar-refractivity contribution in [3.63, 3.8) is 0 Å². The number of anilines is 1. The number of hydrogen-bond donors (Lipinski definition) is 2. The molecular formula is C9H12N2O2S. The van der Waals surface area contributed by atoms with Crippen molar-refractivity contribution in [2.75, 3.05) is 23.9 Å². The fourth-order valence-electron chi connectivity index (χ4n) is 0.933. The molecule has 14 heavy (non-hydrogen) atoms. The summed E-state index contributed by atoms with van der Waals surface area (Å²) in [5.74, 6) is 0.580. The predicted molar refractivity (Wildman–Crippen MR) is 58.1 cm³/mol. The summed E-state index contributed by atoms with van der Waals surface area (Å²) in [5, 5.41) is 11.7. The van der Waals surface area contributed by atoms with Crippen molar-refractivity contribution in [3.05, 3.63) is 23.9 Å². The number of carboxylic acid groups (broad SMARTS) is 1. The summed E-state index contributed by atoms with van der Waals surface area (Å²) >= 11 is 1.72. The zero-order valence-corrected chi connectivity index (χ0v) is 8.67. The number of aromatic carboxylic acids is 1. The highest BCUT2D eigenvalue weighted by Gasteiger charge is 2.03. The van der Waals surface area contributed by atoms with Gasteiger partial charge in [0.25, 0.3) is 0 Å². The summed E-state index contributed by atoms with van der Waals surface area (Å²) in [6.45, 7) is 0.789. The molecule has 0 aliphatic rings. The van der Waals surface area contributed by atoms with E-state index in [1.165, 1.54) is 6.07 Å². The SMILES string of the molecule is CSCCNc1cccc(C(=O)O)n1. The second-order valence-electron chi connectivity index (χ2n) is 2.63. The molecule has 1 aromatic heterocycles. The molecule has 1 rings (SSSR count). The molecule has 0 radical (unpaired) electrons. The van der Waals surface area contributed by atoms with E-state index in [2.05, 4.69) is 10.3 Å². The Hall–Kier alpha value is -1.23. The molecule has 0 unspecified atom stereocenters. The summed E-state index contributed by atoms with van der Waals surface area (Å²) in [7, 11) is 0. The minimum Gasteiger partial charge on any atom is -0.477 e. The number of carboxylic acids is 1. The number of rotatable bonds is 5. The molecule has 1 aromatic rings. The Balaban J connectivity index is 2.59. The van der Waals surface area contributed by atoms with Crippen LogP contribution >= 0.6 is 11.8 Å². The van der Waals surface area contributed by atoms with Crippen LogP contribution < -0.4 is 5.32 Å². The highest BCUT2D eigenvalue weighted by molar-refractivity contribution is 7.98. The monoisotopic (exact) mass is 212 g/mol. The molecule has 0 bridgehead atoms. The number of thioether (sulfide) groups is 1. The van der Waals surface area contributed by atoms with Gasteiger partial charge in [0.2, 0.25) is 0 Å². The number of aromatic nitrogens is 1. The lowest BCUT2D eigenvalue weighted by atomic mass is 10.3. The molecule has 0 spiro atoms. The van der Waals surface area contributed by atoms with Gasteiger partial charge in [-0.3, -0.25) is 0 Å². The summed E-state index contributed by atoms with van der Waals surface area (Å²) < 4.78 is 0. The van der Waals surface area contributed by atoms with E-state index in [1.807, 2.05) is 6.26 Å². The largest absolute Gasteiger partial charge is 0.477 e. The Kier molecular flexibility index (Phi) is 4.25. The summed E-state index contributed by atoms with van der Waals surface area (Å²) in [4.78, 5) is 14.5. The van der Waals surface area contributed by atoms with Gasteiger partial charge in [-0.15, -0.1) is 0 Å². The van der Waals surface area contributed by atoms with Crippen LogP contribution in [-0.4, -0.2) is 34.6 Å². The molecule has 0 saturated heterocycles. The number of pyridine rings is 1. The third kappa shape index (κ3) is 3.26. The maximum atomic E-state index is 10.6. The second kappa shape index (κ2) is 5.49. The minimum atomic E-state index is -1.00. The fourth-order valence-corrected chi connectivity index (χ4v) is 1.24. The van der Waals surface area contributed by atoms with Gasteiger partial charge in [0.05, 0.1) is 0 Å². The topological polar surface area (TPSA) is 62.2 Å². The van der Waals surface area contributed by atoms with E-state index in [1.54, 1.807) is 23.9 Å². The Morgan fingerprint density at radius 3 is 3.07 bits per heavy atom. The molecule has 0 fully saturated rings. The first-order chi connectivity index (χ1) is 6.74. The number of nitrogens with zero attached hydrogens (tertiary/aromatic N) is 1. The molecule has 0 aliphatic carbocycles. The zero-order chi connectivity index (χ0) is 10.4. The Morgan fingerprint density at radius 1 is 1.64 bits per heavy atom. The quantitative estimate of drug-likeness (QED) is 0.725. The number of hydrogen-bond acceptors (Lipinski definition) is 4. The smallest absolute Gasteiger partial charge is 0.354 e. The minimum absolute atomic E-state index is 0.0687. The van der Waals surface area contributed by atoms with Crippen molar-refractivity contribution in [1.82, 2.24) is 4.98 Å². The normalized spacial score (nSPS) is 9.79. The Morgan fingerprint density at radius 2 is 2.43 bits per heavy atom. The van der Waals surface area contributed by atoms with Gasteiger partial charge in [-0.05, 0) is 18.4 Å². The van der Waals surface area contributed by atoms with Crippen LogP contribution in [0.5, 0.6) is 0 Å². The molecule has 2 N–H and O–H groups in total. The lowest BCUT2D eigenvalue weighted by molar-refractivity contribution is 0.0690. The van der Waals surface area contributed by atoms with Gasteiger partial charge in [-0.25, -0.2) is 9.78 Å². The molecule has 76 valence electrons. The zero-order valence-electron chi connectivity index (χ0n) is 7.86. The van der Waals surface area contributed by atoms with E-state index < -0.39 is 5.97 Å². The first-order valence-corrected chi connectivity index (χ1v) is 5.56. The van der Waals surface area contributed by atoms with Crippen LogP contribution in [0.3, 0.4) is 0 Å². The van der Waals surface area contributed by atoms with Crippen LogP contribution in [0.4, 0.5) is 5.82 Å². The second-order valence-corrected chi connectivity index (χ2v) is 3.62. The van der Waals surface area contributed by atoms with E-state index in [4.69, 9.17) is 5.11 Å². The molecule has 0 amide bonds. The van der Waals surface area contributed by atoms with Crippen LogP contribution in [0.25, 0.3) is 0 Å². The van der Waals surface area contributed by atoms with Crippen molar-refractivity contribution in [1.29, 1.82) is 0 Å². The van der Waals surface area contributed by atoms with Gasteiger partial charge in [-0.1, -0.05) is 6.07 Å². The third-order valence-electron chi connectivity index (χ3n) is 1.58. The van der Waals surface area contributed by atoms with Gasteiger partial charge in [0, 0.05) is 12.3 Å². The Bertz CT molecular complexity index is 317. The molecule has 0 aliphatic heterocycles. The van der Waals surface area contributed by atoms with E-state index in [-0.39, 0.29) is 5.69 Å². The first-order valence-electron chi connectivity index (χ1n) is 4.17. The molecule has 0 atom stereocenters. The number of carbonyl (C=O) groups is 1. The average Bonchev–Trinajstić information content (AvgIpc) is 2.19. The summed E-state index contributed by atoms with van der Waals surface area (Å²) in [6.07, 6.45) is 2.02. The van der Waals surface area contributed by atoms with Crippen molar-refractivity contribution in [2.45, 2.75) is 0 Å². The highest BCUT2D eigenvalue weighted by Crippen LogP contribution is 2.04. The van der Waals surface area contributed by atoms with Gasteiger partial charge >= 0.3 is 5.97 Å². The van der Waals surface area contributed by atoms with E-state index in [0.717, 1.165) is 12.3 Å². The molecule has 4 nitrogen and oxygen atoms in total. The lowest BCUT2D eigenvalue weighted by Crippen LogP contribution is -2.08. The lowest BCUT2D eigenvalue weighted by Gasteiger charge is -2.04. The van der Waals surface area contributed by atoms with Crippen LogP contribution in [0.2, 0.25) is 0 Å².